The highest BCUT2D eigenvalue weighted by molar-refractivity contribution is 5.67. The van der Waals surface area contributed by atoms with E-state index in [1.165, 1.54) is 19.3 Å². The number of rotatable bonds is 7. The Morgan fingerprint density at radius 2 is 2.00 bits per heavy atom. The zero-order valence-electron chi connectivity index (χ0n) is 13.7. The van der Waals surface area contributed by atoms with Gasteiger partial charge in [-0.15, -0.1) is 0 Å². The zero-order chi connectivity index (χ0) is 15.7. The molecule has 0 aromatic heterocycles. The molecule has 4 heteroatoms. The van der Waals surface area contributed by atoms with Crippen LogP contribution in [0.2, 0.25) is 0 Å². The topological polar surface area (TPSA) is 50.4 Å². The molecular weight excluding hydrogens is 264 g/mol. The van der Waals surface area contributed by atoms with Crippen LogP contribution in [0.1, 0.15) is 52.5 Å². The molecule has 0 unspecified atom stereocenters. The van der Waals surface area contributed by atoms with Crippen LogP contribution in [-0.2, 0) is 11.3 Å². The molecule has 2 N–H and O–H groups in total. The highest BCUT2D eigenvalue weighted by Crippen LogP contribution is 2.12. The molecule has 1 aromatic carbocycles. The van der Waals surface area contributed by atoms with Crippen LogP contribution in [0.25, 0.3) is 0 Å². The number of alkyl carbamates (subject to hydrolysis) is 1. The first-order valence-electron chi connectivity index (χ1n) is 7.70. The summed E-state index contributed by atoms with van der Waals surface area (Å²) in [7, 11) is 0. The van der Waals surface area contributed by atoms with Crippen molar-refractivity contribution in [1.82, 2.24) is 5.32 Å². The monoisotopic (exact) mass is 292 g/mol. The van der Waals surface area contributed by atoms with Crippen LogP contribution in [0.15, 0.2) is 24.3 Å². The van der Waals surface area contributed by atoms with Gasteiger partial charge in [-0.05, 0) is 44.9 Å². The number of anilines is 1. The molecule has 0 aliphatic rings. The van der Waals surface area contributed by atoms with Crippen molar-refractivity contribution in [3.05, 3.63) is 29.8 Å². The van der Waals surface area contributed by atoms with Crippen LogP contribution < -0.4 is 10.6 Å². The van der Waals surface area contributed by atoms with Crippen molar-refractivity contribution in [2.24, 2.45) is 0 Å². The SMILES string of the molecule is CCCCCNc1cccc(CNC(=O)OC(C)(C)C)c1. The molecule has 0 saturated heterocycles. The molecule has 1 aromatic rings. The third kappa shape index (κ3) is 8.23. The van der Waals surface area contributed by atoms with Gasteiger partial charge in [0.1, 0.15) is 5.60 Å². The van der Waals surface area contributed by atoms with Gasteiger partial charge in [-0.3, -0.25) is 0 Å². The van der Waals surface area contributed by atoms with Crippen molar-refractivity contribution in [1.29, 1.82) is 0 Å². The van der Waals surface area contributed by atoms with Gasteiger partial charge in [0.15, 0.2) is 0 Å². The molecule has 21 heavy (non-hydrogen) atoms. The molecule has 1 amide bonds. The predicted molar refractivity (Wildman–Crippen MR) is 87.5 cm³/mol. The Morgan fingerprint density at radius 3 is 2.67 bits per heavy atom. The van der Waals surface area contributed by atoms with Gasteiger partial charge in [-0.2, -0.15) is 0 Å². The zero-order valence-corrected chi connectivity index (χ0v) is 13.7. The summed E-state index contributed by atoms with van der Waals surface area (Å²) >= 11 is 0. The summed E-state index contributed by atoms with van der Waals surface area (Å²) in [5.41, 5.74) is 1.68. The average Bonchev–Trinajstić information content (AvgIpc) is 2.40. The van der Waals surface area contributed by atoms with Gasteiger partial charge in [-0.1, -0.05) is 31.9 Å². The molecule has 0 saturated carbocycles. The van der Waals surface area contributed by atoms with E-state index in [4.69, 9.17) is 4.74 Å². The molecule has 0 atom stereocenters. The van der Waals surface area contributed by atoms with Gasteiger partial charge in [0, 0.05) is 18.8 Å². The normalized spacial score (nSPS) is 11.0. The van der Waals surface area contributed by atoms with E-state index in [2.05, 4.69) is 23.6 Å². The molecule has 0 heterocycles. The number of carbonyl (C=O) groups is 1. The molecule has 0 bridgehead atoms. The largest absolute Gasteiger partial charge is 0.444 e. The van der Waals surface area contributed by atoms with Crippen molar-refractivity contribution in [3.63, 3.8) is 0 Å². The molecule has 0 aliphatic carbocycles. The number of hydrogen-bond donors (Lipinski definition) is 2. The first-order valence-corrected chi connectivity index (χ1v) is 7.70. The van der Waals surface area contributed by atoms with Gasteiger partial charge in [-0.25, -0.2) is 4.79 Å². The standard InChI is InChI=1S/C17H28N2O2/c1-5-6-7-11-18-15-10-8-9-14(12-15)13-19-16(20)21-17(2,3)4/h8-10,12,18H,5-7,11,13H2,1-4H3,(H,19,20). The summed E-state index contributed by atoms with van der Waals surface area (Å²) < 4.78 is 5.22. The lowest BCUT2D eigenvalue weighted by atomic mass is 10.2. The number of unbranched alkanes of at least 4 members (excludes halogenated alkanes) is 2. The average molecular weight is 292 g/mol. The van der Waals surface area contributed by atoms with Crippen LogP contribution in [0.5, 0.6) is 0 Å². The maximum absolute atomic E-state index is 11.6. The number of ether oxygens (including phenoxy) is 1. The fourth-order valence-electron chi connectivity index (χ4n) is 1.89. The number of carbonyl (C=O) groups excluding carboxylic acids is 1. The van der Waals surface area contributed by atoms with E-state index in [9.17, 15) is 4.79 Å². The summed E-state index contributed by atoms with van der Waals surface area (Å²) in [6.07, 6.45) is 3.26. The molecule has 1 rings (SSSR count). The van der Waals surface area contributed by atoms with E-state index in [1.54, 1.807) is 0 Å². The van der Waals surface area contributed by atoms with Crippen LogP contribution in [0.4, 0.5) is 10.5 Å². The fourth-order valence-corrected chi connectivity index (χ4v) is 1.89. The molecule has 4 nitrogen and oxygen atoms in total. The second kappa shape index (κ2) is 8.55. The van der Waals surface area contributed by atoms with Crippen molar-refractivity contribution >= 4 is 11.8 Å². The minimum Gasteiger partial charge on any atom is -0.444 e. The van der Waals surface area contributed by atoms with Gasteiger partial charge < -0.3 is 15.4 Å². The highest BCUT2D eigenvalue weighted by atomic mass is 16.6. The maximum atomic E-state index is 11.6. The van der Waals surface area contributed by atoms with E-state index in [0.717, 1.165) is 17.8 Å². The van der Waals surface area contributed by atoms with Crippen molar-refractivity contribution in [2.45, 2.75) is 59.1 Å². The molecule has 118 valence electrons. The lowest BCUT2D eigenvalue weighted by Gasteiger charge is -2.19. The number of benzene rings is 1. The third-order valence-electron chi connectivity index (χ3n) is 2.87. The Morgan fingerprint density at radius 1 is 1.24 bits per heavy atom. The lowest BCUT2D eigenvalue weighted by Crippen LogP contribution is -2.32. The van der Waals surface area contributed by atoms with Crippen molar-refractivity contribution < 1.29 is 9.53 Å². The second-order valence-corrected chi connectivity index (χ2v) is 6.19. The quantitative estimate of drug-likeness (QED) is 0.736. The van der Waals surface area contributed by atoms with Crippen LogP contribution in [0.3, 0.4) is 0 Å². The minimum atomic E-state index is -0.466. The summed E-state index contributed by atoms with van der Waals surface area (Å²) in [6, 6.07) is 8.09. The van der Waals surface area contributed by atoms with Gasteiger partial charge in [0.2, 0.25) is 0 Å². The first-order chi connectivity index (χ1) is 9.90. The molecule has 0 radical (unpaired) electrons. The number of nitrogens with one attached hydrogen (secondary N) is 2. The molecular formula is C17H28N2O2. The maximum Gasteiger partial charge on any atom is 0.407 e. The molecule has 0 spiro atoms. The van der Waals surface area contributed by atoms with Crippen LogP contribution in [-0.4, -0.2) is 18.2 Å². The second-order valence-electron chi connectivity index (χ2n) is 6.19. The minimum absolute atomic E-state index is 0.385. The van der Waals surface area contributed by atoms with Crippen LogP contribution in [0, 0.1) is 0 Å². The molecule has 0 aliphatic heterocycles. The predicted octanol–water partition coefficient (Wildman–Crippen LogP) is 4.31. The Balaban J connectivity index is 2.40. The summed E-state index contributed by atoms with van der Waals surface area (Å²) in [6.45, 7) is 9.22. The Bertz CT molecular complexity index is 439. The van der Waals surface area contributed by atoms with Crippen molar-refractivity contribution in [3.8, 4) is 0 Å². The number of amides is 1. The van der Waals surface area contributed by atoms with E-state index >= 15 is 0 Å². The van der Waals surface area contributed by atoms with E-state index in [0.29, 0.717) is 6.54 Å². The number of hydrogen-bond acceptors (Lipinski definition) is 3. The van der Waals surface area contributed by atoms with Gasteiger partial charge in [0.25, 0.3) is 0 Å². The third-order valence-corrected chi connectivity index (χ3v) is 2.87. The van der Waals surface area contributed by atoms with E-state index in [1.807, 2.05) is 39.0 Å². The molecule has 0 fully saturated rings. The summed E-state index contributed by atoms with van der Waals surface area (Å²) in [5.74, 6) is 0. The smallest absolute Gasteiger partial charge is 0.407 e. The van der Waals surface area contributed by atoms with Gasteiger partial charge in [0.05, 0.1) is 0 Å². The fraction of sp³-hybridized carbons (Fsp3) is 0.588. The first kappa shape index (κ1) is 17.3. The van der Waals surface area contributed by atoms with Crippen molar-refractivity contribution in [2.75, 3.05) is 11.9 Å². The van der Waals surface area contributed by atoms with E-state index in [-0.39, 0.29) is 6.09 Å². The Hall–Kier alpha value is -1.71. The summed E-state index contributed by atoms with van der Waals surface area (Å²) in [4.78, 5) is 11.6. The van der Waals surface area contributed by atoms with E-state index < -0.39 is 5.60 Å². The Kier molecular flexibility index (Phi) is 7.06. The highest BCUT2D eigenvalue weighted by Gasteiger charge is 2.15. The van der Waals surface area contributed by atoms with Crippen LogP contribution >= 0.6 is 0 Å². The van der Waals surface area contributed by atoms with Gasteiger partial charge >= 0.3 is 6.09 Å². The Labute approximate surface area is 128 Å². The summed E-state index contributed by atoms with van der Waals surface area (Å²) in [5, 5.41) is 6.17. The lowest BCUT2D eigenvalue weighted by molar-refractivity contribution is 0.0523.